The molecule has 0 atom stereocenters. The van der Waals surface area contributed by atoms with E-state index in [-0.39, 0.29) is 5.56 Å². The lowest BCUT2D eigenvalue weighted by Gasteiger charge is -2.40. The van der Waals surface area contributed by atoms with Gasteiger partial charge in [0, 0.05) is 45.5 Å². The summed E-state index contributed by atoms with van der Waals surface area (Å²) in [4.78, 5) is 21.9. The Kier molecular flexibility index (Phi) is 5.05. The number of rotatable bonds is 5. The molecular formula is C19H28N6O2P+. The van der Waals surface area contributed by atoms with Crippen LogP contribution in [0.15, 0.2) is 29.5 Å². The van der Waals surface area contributed by atoms with Crippen molar-refractivity contribution in [1.29, 1.82) is 0 Å². The summed E-state index contributed by atoms with van der Waals surface area (Å²) in [7, 11) is -2.27. The van der Waals surface area contributed by atoms with Gasteiger partial charge in [0.15, 0.2) is 5.52 Å². The maximum Gasteiger partial charge on any atom is 0.449 e. The van der Waals surface area contributed by atoms with Crippen LogP contribution in [0.2, 0.25) is 0 Å². The maximum atomic E-state index is 13.1. The Bertz CT molecular complexity index is 847. The Morgan fingerprint density at radius 3 is 1.89 bits per heavy atom. The summed E-state index contributed by atoms with van der Waals surface area (Å²) >= 11 is 0. The third-order valence-electron chi connectivity index (χ3n) is 6.04. The average Bonchev–Trinajstić information content (AvgIpc) is 3.52. The normalized spacial score (nSPS) is 22.4. The van der Waals surface area contributed by atoms with Crippen LogP contribution >= 0.6 is 7.94 Å². The van der Waals surface area contributed by atoms with Gasteiger partial charge in [-0.1, -0.05) is 4.73 Å². The second-order valence-corrected chi connectivity index (χ2v) is 10.7. The molecule has 3 saturated heterocycles. The molecule has 2 aromatic heterocycles. The van der Waals surface area contributed by atoms with Gasteiger partial charge in [-0.15, -0.1) is 14.0 Å². The Balaban J connectivity index is 1.61. The van der Waals surface area contributed by atoms with E-state index in [1.165, 1.54) is 43.3 Å². The van der Waals surface area contributed by atoms with E-state index in [1.54, 1.807) is 18.6 Å². The molecule has 5 heterocycles. The highest BCUT2D eigenvalue weighted by atomic mass is 31.2. The van der Waals surface area contributed by atoms with Crippen molar-refractivity contribution in [2.45, 2.75) is 38.5 Å². The summed E-state index contributed by atoms with van der Waals surface area (Å²) in [6, 6.07) is 3.62. The molecule has 28 heavy (non-hydrogen) atoms. The third-order valence-corrected chi connectivity index (χ3v) is 9.85. The molecule has 150 valence electrons. The lowest BCUT2D eigenvalue weighted by Crippen LogP contribution is -2.48. The molecule has 3 aliphatic heterocycles. The van der Waals surface area contributed by atoms with E-state index in [0.717, 1.165) is 39.3 Å². The summed E-state index contributed by atoms with van der Waals surface area (Å²) in [6.07, 6.45) is 10.3. The monoisotopic (exact) mass is 403 g/mol. The first-order valence-corrected chi connectivity index (χ1v) is 12.0. The lowest BCUT2D eigenvalue weighted by molar-refractivity contribution is 0.181. The van der Waals surface area contributed by atoms with Crippen LogP contribution in [0, 0.1) is 0 Å². The first-order chi connectivity index (χ1) is 13.8. The molecule has 0 unspecified atom stereocenters. The van der Waals surface area contributed by atoms with Crippen LogP contribution in [-0.2, 0) is 0 Å². The predicted molar refractivity (Wildman–Crippen MR) is 110 cm³/mol. The van der Waals surface area contributed by atoms with E-state index < -0.39 is 7.94 Å². The van der Waals surface area contributed by atoms with E-state index in [4.69, 9.17) is 4.62 Å². The topological polar surface area (TPSA) is 66.7 Å². The molecule has 5 rings (SSSR count). The molecule has 0 radical (unpaired) electrons. The van der Waals surface area contributed by atoms with Crippen LogP contribution < -0.4 is 10.2 Å². The van der Waals surface area contributed by atoms with Gasteiger partial charge in [0.1, 0.15) is 6.33 Å². The number of aromatic nitrogens is 3. The highest BCUT2D eigenvalue weighted by Gasteiger charge is 2.63. The van der Waals surface area contributed by atoms with Crippen LogP contribution in [0.5, 0.6) is 0 Å². The van der Waals surface area contributed by atoms with E-state index in [0.29, 0.717) is 11.0 Å². The van der Waals surface area contributed by atoms with Gasteiger partial charge in [0.05, 0.1) is 5.52 Å². The highest BCUT2D eigenvalue weighted by Crippen LogP contribution is 2.68. The van der Waals surface area contributed by atoms with E-state index in [1.807, 2.05) is 6.07 Å². The molecule has 0 saturated carbocycles. The first-order valence-electron chi connectivity index (χ1n) is 10.5. The quantitative estimate of drug-likeness (QED) is 0.709. The van der Waals surface area contributed by atoms with Gasteiger partial charge in [-0.05, 0) is 50.7 Å². The average molecular weight is 403 g/mol. The maximum absolute atomic E-state index is 13.1. The van der Waals surface area contributed by atoms with Crippen LogP contribution in [-0.4, -0.2) is 68.0 Å². The van der Waals surface area contributed by atoms with Crippen LogP contribution in [0.4, 0.5) is 0 Å². The molecule has 2 aromatic rings. The Hall–Kier alpha value is -1.60. The molecule has 8 nitrogen and oxygen atoms in total. The molecule has 0 aromatic carbocycles. The minimum Gasteiger partial charge on any atom is -0.263 e. The summed E-state index contributed by atoms with van der Waals surface area (Å²) < 4.78 is 15.8. The third kappa shape index (κ3) is 3.03. The van der Waals surface area contributed by atoms with Crippen molar-refractivity contribution in [3.05, 3.63) is 35.0 Å². The molecule has 0 N–H and O–H groups in total. The molecule has 0 amide bonds. The second-order valence-electron chi connectivity index (χ2n) is 7.82. The SMILES string of the molecule is O=c1c2ncccc2ncn1O[P+](N1CCCC1)(N1CCCC1)N1CCCC1. The van der Waals surface area contributed by atoms with Gasteiger partial charge >= 0.3 is 13.5 Å². The van der Waals surface area contributed by atoms with Crippen molar-refractivity contribution in [3.8, 4) is 0 Å². The number of pyridine rings is 1. The molecule has 3 aliphatic rings. The number of hydrogen-bond acceptors (Lipinski definition) is 7. The number of fused-ring (bicyclic) bond motifs is 1. The Morgan fingerprint density at radius 1 is 0.821 bits per heavy atom. The van der Waals surface area contributed by atoms with Crippen molar-refractivity contribution in [2.24, 2.45) is 0 Å². The minimum atomic E-state index is -2.27. The zero-order chi connectivity index (χ0) is 19.0. The summed E-state index contributed by atoms with van der Waals surface area (Å²) in [6.45, 7) is 6.22. The fraction of sp³-hybridized carbons (Fsp3) is 0.632. The largest absolute Gasteiger partial charge is 0.449 e. The van der Waals surface area contributed by atoms with Gasteiger partial charge in [0.2, 0.25) is 0 Å². The van der Waals surface area contributed by atoms with Gasteiger partial charge in [0.25, 0.3) is 0 Å². The molecule has 0 aliphatic carbocycles. The summed E-state index contributed by atoms with van der Waals surface area (Å²) in [5.74, 6) is 0. The standard InChI is InChI=1S/C19H28N6O2P/c26-19-18-17(8-7-9-20-18)21-16-25(19)27-28(22-10-1-2-11-22,23-12-3-4-13-23)24-14-5-6-15-24/h7-9,16H,1-6,10-15H2/q+1. The fourth-order valence-corrected chi connectivity index (χ4v) is 8.84. The van der Waals surface area contributed by atoms with Gasteiger partial charge < -0.3 is 0 Å². The zero-order valence-electron chi connectivity index (χ0n) is 16.2. The second kappa shape index (κ2) is 7.67. The molecule has 0 bridgehead atoms. The Morgan fingerprint density at radius 2 is 1.36 bits per heavy atom. The minimum absolute atomic E-state index is 0.215. The summed E-state index contributed by atoms with van der Waals surface area (Å²) in [5, 5.41) is 0. The molecule has 9 heteroatoms. The van der Waals surface area contributed by atoms with E-state index in [9.17, 15) is 4.79 Å². The molecule has 0 spiro atoms. The van der Waals surface area contributed by atoms with E-state index in [2.05, 4.69) is 24.0 Å². The zero-order valence-corrected chi connectivity index (χ0v) is 17.1. The fourth-order valence-electron chi connectivity index (χ4n) is 4.69. The smallest absolute Gasteiger partial charge is 0.263 e. The summed E-state index contributed by atoms with van der Waals surface area (Å²) in [5.41, 5.74) is 0.764. The van der Waals surface area contributed by atoms with Crippen molar-refractivity contribution in [1.82, 2.24) is 28.7 Å². The predicted octanol–water partition coefficient (Wildman–Crippen LogP) is 2.19. The van der Waals surface area contributed by atoms with Crippen LogP contribution in [0.25, 0.3) is 11.0 Å². The van der Waals surface area contributed by atoms with E-state index >= 15 is 0 Å². The number of nitrogens with zero attached hydrogens (tertiary/aromatic N) is 6. The first kappa shape index (κ1) is 18.4. The van der Waals surface area contributed by atoms with Gasteiger partial charge in [-0.25, -0.2) is 9.97 Å². The molecular weight excluding hydrogens is 375 g/mol. The lowest BCUT2D eigenvalue weighted by atomic mass is 10.4. The number of hydrogen-bond donors (Lipinski definition) is 0. The van der Waals surface area contributed by atoms with Crippen LogP contribution in [0.1, 0.15) is 38.5 Å². The van der Waals surface area contributed by atoms with Crippen LogP contribution in [0.3, 0.4) is 0 Å². The van der Waals surface area contributed by atoms with Crippen molar-refractivity contribution in [2.75, 3.05) is 39.3 Å². The van der Waals surface area contributed by atoms with Crippen molar-refractivity contribution >= 4 is 19.0 Å². The Labute approximate surface area is 165 Å². The van der Waals surface area contributed by atoms with Crippen molar-refractivity contribution in [3.63, 3.8) is 0 Å². The van der Waals surface area contributed by atoms with Gasteiger partial charge in [-0.3, -0.25) is 4.79 Å². The van der Waals surface area contributed by atoms with Gasteiger partial charge in [-0.2, -0.15) is 4.62 Å². The molecule has 3 fully saturated rings. The van der Waals surface area contributed by atoms with Crippen molar-refractivity contribution < 1.29 is 4.62 Å². The highest BCUT2D eigenvalue weighted by molar-refractivity contribution is 7.64.